The lowest BCUT2D eigenvalue weighted by Gasteiger charge is -2.38. The van der Waals surface area contributed by atoms with E-state index in [0.29, 0.717) is 16.7 Å². The Morgan fingerprint density at radius 1 is 0.520 bits per heavy atom. The maximum atomic E-state index is 10.0. The Hall–Kier alpha value is -6.71. The smallest absolute Gasteiger partial charge is 0.179 e. The van der Waals surface area contributed by atoms with Gasteiger partial charge in [-0.05, 0) is 105 Å². The number of aromatic nitrogens is 1. The number of rotatable bonds is 6. The summed E-state index contributed by atoms with van der Waals surface area (Å²) in [6.45, 7) is 0. The first kappa shape index (κ1) is 30.6. The molecular formula is C45H30N4Si. The van der Waals surface area contributed by atoms with Crippen LogP contribution in [-0.2, 0) is 0 Å². The second-order valence-electron chi connectivity index (χ2n) is 12.6. The van der Waals surface area contributed by atoms with Gasteiger partial charge in [0.2, 0.25) is 0 Å². The molecule has 0 unspecified atom stereocenters. The number of fused-ring (bicyclic) bond motifs is 3. The van der Waals surface area contributed by atoms with Gasteiger partial charge in [0.25, 0.3) is 0 Å². The van der Waals surface area contributed by atoms with Gasteiger partial charge in [-0.25, -0.2) is 0 Å². The van der Waals surface area contributed by atoms with E-state index in [2.05, 4.69) is 132 Å². The molecule has 5 heteroatoms. The summed E-state index contributed by atoms with van der Waals surface area (Å²) in [5, 5.41) is 36.2. The van der Waals surface area contributed by atoms with Gasteiger partial charge in [0, 0.05) is 16.5 Å². The van der Waals surface area contributed by atoms with E-state index in [4.69, 9.17) is 0 Å². The van der Waals surface area contributed by atoms with Gasteiger partial charge in [0.15, 0.2) is 8.07 Å². The zero-order chi connectivity index (χ0) is 34.1. The minimum absolute atomic E-state index is 0.587. The second-order valence-corrected chi connectivity index (χ2v) is 16.3. The van der Waals surface area contributed by atoms with Gasteiger partial charge >= 0.3 is 0 Å². The molecule has 0 fully saturated rings. The van der Waals surface area contributed by atoms with E-state index in [1.807, 2.05) is 48.5 Å². The van der Waals surface area contributed by atoms with Crippen molar-refractivity contribution in [2.75, 3.05) is 0 Å². The van der Waals surface area contributed by atoms with Gasteiger partial charge < -0.3 is 4.57 Å². The zero-order valence-corrected chi connectivity index (χ0v) is 28.2. The highest BCUT2D eigenvalue weighted by Gasteiger charge is 2.44. The van der Waals surface area contributed by atoms with Crippen molar-refractivity contribution in [3.63, 3.8) is 0 Å². The molecule has 0 saturated carbocycles. The van der Waals surface area contributed by atoms with Crippen molar-refractivity contribution < 1.29 is 0 Å². The molecular weight excluding hydrogens is 625 g/mol. The van der Waals surface area contributed by atoms with E-state index in [1.54, 1.807) is 0 Å². The highest BCUT2D eigenvalue weighted by atomic mass is 28.3. The Balaban J connectivity index is 1.37. The maximum absolute atomic E-state index is 10.0. The van der Waals surface area contributed by atoms with Crippen molar-refractivity contribution in [1.82, 2.24) is 4.57 Å². The molecule has 8 rings (SSSR count). The minimum atomic E-state index is -2.89. The molecule has 50 heavy (non-hydrogen) atoms. The second kappa shape index (κ2) is 12.7. The Morgan fingerprint density at radius 2 is 1.06 bits per heavy atom. The molecule has 0 amide bonds. The highest BCUT2D eigenvalue weighted by molar-refractivity contribution is 7.17. The zero-order valence-electron chi connectivity index (χ0n) is 27.2. The van der Waals surface area contributed by atoms with Gasteiger partial charge in [-0.15, -0.1) is 0 Å². The van der Waals surface area contributed by atoms with Crippen LogP contribution in [0.2, 0.25) is 0 Å². The monoisotopic (exact) mass is 654 g/mol. The van der Waals surface area contributed by atoms with Crippen molar-refractivity contribution >= 4 is 51.0 Å². The molecule has 0 spiro atoms. The summed E-state index contributed by atoms with van der Waals surface area (Å²) in [7, 11) is -2.89. The van der Waals surface area contributed by atoms with E-state index in [9.17, 15) is 15.8 Å². The highest BCUT2D eigenvalue weighted by Crippen LogP contribution is 2.37. The van der Waals surface area contributed by atoms with Crippen LogP contribution >= 0.6 is 0 Å². The third kappa shape index (κ3) is 4.96. The van der Waals surface area contributed by atoms with Crippen molar-refractivity contribution in [1.29, 1.82) is 15.8 Å². The third-order valence-corrected chi connectivity index (χ3v) is 14.8. The fourth-order valence-corrected chi connectivity index (χ4v) is 12.9. The summed E-state index contributed by atoms with van der Waals surface area (Å²) >= 11 is 0. The van der Waals surface area contributed by atoms with E-state index in [1.165, 1.54) is 31.9 Å². The Bertz CT molecular complexity index is 2500. The molecule has 7 aromatic rings. The fourth-order valence-electron chi connectivity index (χ4n) is 7.73. The Morgan fingerprint density at radius 3 is 1.62 bits per heavy atom. The van der Waals surface area contributed by atoms with E-state index in [0.717, 1.165) is 40.3 Å². The van der Waals surface area contributed by atoms with Crippen molar-refractivity contribution in [3.05, 3.63) is 185 Å². The van der Waals surface area contributed by atoms with Crippen LogP contribution in [0, 0.1) is 34.0 Å². The van der Waals surface area contributed by atoms with E-state index in [-0.39, 0.29) is 0 Å². The molecule has 6 aromatic carbocycles. The van der Waals surface area contributed by atoms with Crippen LogP contribution in [-0.4, -0.2) is 12.6 Å². The van der Waals surface area contributed by atoms with Crippen LogP contribution in [0.25, 0.3) is 33.1 Å². The molecule has 0 saturated heterocycles. The molecule has 1 heterocycles. The molecule has 0 N–H and O–H groups in total. The summed E-state index contributed by atoms with van der Waals surface area (Å²) in [5.74, 6) is 0. The minimum Gasteiger partial charge on any atom is -0.309 e. The lowest BCUT2D eigenvalue weighted by Crippen LogP contribution is -2.68. The Labute approximate surface area is 292 Å². The first-order valence-electron chi connectivity index (χ1n) is 16.7. The van der Waals surface area contributed by atoms with Crippen LogP contribution < -0.4 is 15.6 Å². The van der Waals surface area contributed by atoms with E-state index >= 15 is 0 Å². The van der Waals surface area contributed by atoms with Gasteiger partial charge in [0.1, 0.15) is 0 Å². The molecule has 0 bridgehead atoms. The predicted molar refractivity (Wildman–Crippen MR) is 204 cm³/mol. The number of hydrogen-bond acceptors (Lipinski definition) is 3. The summed E-state index contributed by atoms with van der Waals surface area (Å²) in [6, 6.07) is 57.1. The number of benzene rings is 6. The van der Waals surface area contributed by atoms with Gasteiger partial charge in [-0.3, -0.25) is 0 Å². The largest absolute Gasteiger partial charge is 0.309 e. The SMILES string of the molecule is N#Cc1cccc([Si](C2=C(c3ccc(-n4c5ccc(C#N)cc5c5cc(C#N)ccc54)cc3)CCC=C2)(c2ccccc2)c2ccccc2)c1. The fraction of sp³-hybridized carbons (Fsp3) is 0.0444. The van der Waals surface area contributed by atoms with E-state index < -0.39 is 8.07 Å². The molecule has 234 valence electrons. The summed E-state index contributed by atoms with van der Waals surface area (Å²) in [5.41, 5.74) is 7.31. The van der Waals surface area contributed by atoms with Gasteiger partial charge in [0.05, 0.1) is 45.9 Å². The normalized spacial score (nSPS) is 12.8. The standard InChI is InChI=1S/C45H30N4Si/c46-29-32-10-9-15-39(26-32)50(37-11-3-1-4-12-37,38-13-5-2-6-14-38)45-17-8-7-16-40(45)35-20-22-36(23-21-35)49-43-24-18-33(30-47)27-41(43)42-28-34(31-48)19-25-44(42)49/h1-6,8-15,17-28H,7,16H2. The molecule has 1 aliphatic carbocycles. The lowest BCUT2D eigenvalue weighted by molar-refractivity contribution is 1.05. The summed E-state index contributed by atoms with van der Waals surface area (Å²) in [6.07, 6.45) is 6.51. The van der Waals surface area contributed by atoms with Gasteiger partial charge in [-0.1, -0.05) is 97.1 Å². The van der Waals surface area contributed by atoms with Crippen LogP contribution in [0.3, 0.4) is 0 Å². The first-order valence-corrected chi connectivity index (χ1v) is 18.7. The first-order chi connectivity index (χ1) is 24.6. The molecule has 0 atom stereocenters. The molecule has 0 radical (unpaired) electrons. The molecule has 1 aliphatic rings. The summed E-state index contributed by atoms with van der Waals surface area (Å²) < 4.78 is 2.22. The van der Waals surface area contributed by atoms with Gasteiger partial charge in [-0.2, -0.15) is 15.8 Å². The predicted octanol–water partition coefficient (Wildman–Crippen LogP) is 8.21. The number of hydrogen-bond donors (Lipinski definition) is 0. The quantitative estimate of drug-likeness (QED) is 0.134. The summed E-state index contributed by atoms with van der Waals surface area (Å²) in [4.78, 5) is 0. The van der Waals surface area contributed by atoms with Crippen LogP contribution in [0.15, 0.2) is 163 Å². The topological polar surface area (TPSA) is 76.3 Å². The third-order valence-electron chi connectivity index (χ3n) is 9.91. The average Bonchev–Trinajstić information content (AvgIpc) is 3.52. The van der Waals surface area contributed by atoms with Crippen molar-refractivity contribution in [2.45, 2.75) is 12.8 Å². The van der Waals surface area contributed by atoms with Crippen molar-refractivity contribution in [2.24, 2.45) is 0 Å². The number of allylic oxidation sites excluding steroid dienone is 4. The lowest BCUT2D eigenvalue weighted by atomic mass is 9.97. The molecule has 0 aliphatic heterocycles. The number of nitriles is 3. The van der Waals surface area contributed by atoms with Crippen LogP contribution in [0.5, 0.6) is 0 Å². The Kier molecular flexibility index (Phi) is 7.79. The van der Waals surface area contributed by atoms with Crippen LogP contribution in [0.4, 0.5) is 0 Å². The maximum Gasteiger partial charge on any atom is 0.179 e. The van der Waals surface area contributed by atoms with Crippen LogP contribution in [0.1, 0.15) is 35.1 Å². The molecule has 4 nitrogen and oxygen atoms in total. The number of nitrogens with zero attached hydrogens (tertiary/aromatic N) is 4. The van der Waals surface area contributed by atoms with Crippen molar-refractivity contribution in [3.8, 4) is 23.9 Å². The average molecular weight is 655 g/mol. The molecule has 1 aromatic heterocycles.